The molecule has 0 aliphatic carbocycles. The lowest BCUT2D eigenvalue weighted by Crippen LogP contribution is -2.48. The molecule has 1 atom stereocenters. The fourth-order valence-electron chi connectivity index (χ4n) is 2.30. The number of aromatic nitrogens is 2. The van der Waals surface area contributed by atoms with Crippen LogP contribution in [0.25, 0.3) is 0 Å². The first-order valence-corrected chi connectivity index (χ1v) is 6.47. The summed E-state index contributed by atoms with van der Waals surface area (Å²) in [6.45, 7) is 4.47. The SMILES string of the molecule is Cc1nc2n(c1C1NCCNC1=O)CCS2. The highest BCUT2D eigenvalue weighted by atomic mass is 32.2. The number of hydrogen-bond acceptors (Lipinski definition) is 4. The van der Waals surface area contributed by atoms with E-state index in [0.717, 1.165) is 35.4 Å². The van der Waals surface area contributed by atoms with Crippen molar-refractivity contribution in [2.24, 2.45) is 0 Å². The second-order valence-electron chi connectivity index (χ2n) is 4.04. The van der Waals surface area contributed by atoms with Gasteiger partial charge >= 0.3 is 0 Å². The van der Waals surface area contributed by atoms with Crippen LogP contribution < -0.4 is 10.6 Å². The predicted molar refractivity (Wildman–Crippen MR) is 61.4 cm³/mol. The van der Waals surface area contributed by atoms with E-state index in [-0.39, 0.29) is 11.9 Å². The highest BCUT2D eigenvalue weighted by molar-refractivity contribution is 7.99. The number of carbonyl (C=O) groups excluding carboxylic acids is 1. The van der Waals surface area contributed by atoms with Crippen molar-refractivity contribution in [1.82, 2.24) is 20.2 Å². The smallest absolute Gasteiger partial charge is 0.243 e. The fraction of sp³-hybridized carbons (Fsp3) is 0.600. The third kappa shape index (κ3) is 1.44. The van der Waals surface area contributed by atoms with Gasteiger partial charge in [-0.3, -0.25) is 10.1 Å². The van der Waals surface area contributed by atoms with Gasteiger partial charge in [-0.25, -0.2) is 4.98 Å². The molecule has 2 aliphatic rings. The molecule has 2 aliphatic heterocycles. The zero-order valence-electron chi connectivity index (χ0n) is 9.12. The normalized spacial score (nSPS) is 24.3. The van der Waals surface area contributed by atoms with Crippen LogP contribution in [0.2, 0.25) is 0 Å². The van der Waals surface area contributed by atoms with E-state index < -0.39 is 0 Å². The average molecular weight is 238 g/mol. The number of nitrogens with one attached hydrogen (secondary N) is 2. The number of carbonyl (C=O) groups is 1. The van der Waals surface area contributed by atoms with Crippen molar-refractivity contribution in [2.75, 3.05) is 18.8 Å². The van der Waals surface area contributed by atoms with E-state index in [0.29, 0.717) is 6.54 Å². The Morgan fingerprint density at radius 1 is 1.50 bits per heavy atom. The van der Waals surface area contributed by atoms with E-state index in [1.54, 1.807) is 11.8 Å². The number of nitrogens with zero attached hydrogens (tertiary/aromatic N) is 2. The van der Waals surface area contributed by atoms with E-state index >= 15 is 0 Å². The van der Waals surface area contributed by atoms with Gasteiger partial charge in [-0.15, -0.1) is 0 Å². The highest BCUT2D eigenvalue weighted by Crippen LogP contribution is 2.31. The van der Waals surface area contributed by atoms with Crippen molar-refractivity contribution in [3.63, 3.8) is 0 Å². The van der Waals surface area contributed by atoms with Gasteiger partial charge in [-0.05, 0) is 6.92 Å². The number of piperazine rings is 1. The molecule has 0 bridgehead atoms. The Kier molecular flexibility index (Phi) is 2.40. The van der Waals surface area contributed by atoms with Gasteiger partial charge in [-0.1, -0.05) is 11.8 Å². The summed E-state index contributed by atoms with van der Waals surface area (Å²) in [5, 5.41) is 7.20. The second-order valence-corrected chi connectivity index (χ2v) is 5.11. The molecule has 16 heavy (non-hydrogen) atoms. The van der Waals surface area contributed by atoms with Crippen molar-refractivity contribution in [1.29, 1.82) is 0 Å². The molecular formula is C10H14N4OS. The lowest BCUT2D eigenvalue weighted by Gasteiger charge is -2.24. The molecule has 86 valence electrons. The van der Waals surface area contributed by atoms with Crippen LogP contribution in [0.5, 0.6) is 0 Å². The molecule has 1 fully saturated rings. The Morgan fingerprint density at radius 2 is 2.38 bits per heavy atom. The minimum Gasteiger partial charge on any atom is -0.353 e. The summed E-state index contributed by atoms with van der Waals surface area (Å²) in [6.07, 6.45) is 0. The second kappa shape index (κ2) is 3.78. The van der Waals surface area contributed by atoms with Gasteiger partial charge in [0.05, 0.1) is 11.4 Å². The number of amides is 1. The molecule has 1 aromatic rings. The summed E-state index contributed by atoms with van der Waals surface area (Å²) in [5.41, 5.74) is 2.01. The molecule has 1 amide bonds. The standard InChI is InChI=1S/C10H14N4OS/c1-6-8(7-9(15)12-3-2-11-7)14-4-5-16-10(14)13-6/h7,11H,2-5H2,1H3,(H,12,15). The van der Waals surface area contributed by atoms with Gasteiger partial charge in [0.15, 0.2) is 5.16 Å². The maximum atomic E-state index is 11.8. The molecular weight excluding hydrogens is 224 g/mol. The first-order chi connectivity index (χ1) is 7.77. The van der Waals surface area contributed by atoms with Crippen LogP contribution in [0.4, 0.5) is 0 Å². The van der Waals surface area contributed by atoms with Gasteiger partial charge in [0.25, 0.3) is 0 Å². The van der Waals surface area contributed by atoms with E-state index in [9.17, 15) is 4.79 Å². The van der Waals surface area contributed by atoms with E-state index in [4.69, 9.17) is 0 Å². The topological polar surface area (TPSA) is 59.0 Å². The van der Waals surface area contributed by atoms with Crippen molar-refractivity contribution in [3.8, 4) is 0 Å². The molecule has 3 rings (SSSR count). The third-order valence-corrected chi connectivity index (χ3v) is 3.97. The quantitative estimate of drug-likeness (QED) is 0.726. The van der Waals surface area contributed by atoms with Gasteiger partial charge in [-0.2, -0.15) is 0 Å². The molecule has 5 nitrogen and oxygen atoms in total. The van der Waals surface area contributed by atoms with Crippen LogP contribution in [-0.4, -0.2) is 34.3 Å². The molecule has 3 heterocycles. The van der Waals surface area contributed by atoms with Crippen LogP contribution in [0.1, 0.15) is 17.4 Å². The lowest BCUT2D eigenvalue weighted by atomic mass is 10.1. The van der Waals surface area contributed by atoms with Crippen molar-refractivity contribution in [2.45, 2.75) is 24.7 Å². The fourth-order valence-corrected chi connectivity index (χ4v) is 3.30. The Hall–Kier alpha value is -1.01. The van der Waals surface area contributed by atoms with Crippen LogP contribution >= 0.6 is 11.8 Å². The van der Waals surface area contributed by atoms with Crippen LogP contribution in [-0.2, 0) is 11.3 Å². The number of fused-ring (bicyclic) bond motifs is 1. The van der Waals surface area contributed by atoms with Gasteiger partial charge < -0.3 is 9.88 Å². The molecule has 6 heteroatoms. The van der Waals surface area contributed by atoms with Crippen molar-refractivity contribution < 1.29 is 4.79 Å². The Labute approximate surface area is 98.0 Å². The molecule has 1 aromatic heterocycles. The molecule has 0 spiro atoms. The van der Waals surface area contributed by atoms with E-state index in [2.05, 4.69) is 20.2 Å². The summed E-state index contributed by atoms with van der Waals surface area (Å²) in [5.74, 6) is 1.12. The van der Waals surface area contributed by atoms with Crippen molar-refractivity contribution in [3.05, 3.63) is 11.4 Å². The zero-order chi connectivity index (χ0) is 11.1. The summed E-state index contributed by atoms with van der Waals surface area (Å²) in [4.78, 5) is 16.3. The maximum absolute atomic E-state index is 11.8. The minimum absolute atomic E-state index is 0.0638. The molecule has 0 saturated carbocycles. The summed E-state index contributed by atoms with van der Waals surface area (Å²) < 4.78 is 2.17. The first-order valence-electron chi connectivity index (χ1n) is 5.48. The highest BCUT2D eigenvalue weighted by Gasteiger charge is 2.31. The lowest BCUT2D eigenvalue weighted by molar-refractivity contribution is -0.124. The van der Waals surface area contributed by atoms with Gasteiger partial charge in [0.2, 0.25) is 5.91 Å². The molecule has 1 saturated heterocycles. The monoisotopic (exact) mass is 238 g/mol. The first kappa shape index (κ1) is 10.2. The largest absolute Gasteiger partial charge is 0.353 e. The number of rotatable bonds is 1. The van der Waals surface area contributed by atoms with Crippen molar-refractivity contribution >= 4 is 17.7 Å². The minimum atomic E-state index is -0.228. The molecule has 0 aromatic carbocycles. The maximum Gasteiger partial charge on any atom is 0.243 e. The van der Waals surface area contributed by atoms with Crippen LogP contribution in [0.15, 0.2) is 5.16 Å². The zero-order valence-corrected chi connectivity index (χ0v) is 9.93. The number of aryl methyl sites for hydroxylation is 1. The van der Waals surface area contributed by atoms with Crippen LogP contribution in [0, 0.1) is 6.92 Å². The number of thioether (sulfide) groups is 1. The van der Waals surface area contributed by atoms with Crippen LogP contribution in [0.3, 0.4) is 0 Å². The summed E-state index contributed by atoms with van der Waals surface area (Å²) in [6, 6.07) is -0.228. The molecule has 1 unspecified atom stereocenters. The number of imidazole rings is 1. The van der Waals surface area contributed by atoms with E-state index in [1.807, 2.05) is 6.92 Å². The predicted octanol–water partition coefficient (Wildman–Crippen LogP) is 0.0577. The Balaban J connectivity index is 2.01. The van der Waals surface area contributed by atoms with Gasteiger partial charge in [0.1, 0.15) is 6.04 Å². The van der Waals surface area contributed by atoms with Gasteiger partial charge in [0, 0.05) is 25.4 Å². The summed E-state index contributed by atoms with van der Waals surface area (Å²) >= 11 is 1.76. The molecule has 2 N–H and O–H groups in total. The summed E-state index contributed by atoms with van der Waals surface area (Å²) in [7, 11) is 0. The Bertz CT molecular complexity index is 442. The number of hydrogen-bond donors (Lipinski definition) is 2. The Morgan fingerprint density at radius 3 is 3.19 bits per heavy atom. The average Bonchev–Trinajstić information content (AvgIpc) is 2.79. The van der Waals surface area contributed by atoms with E-state index in [1.165, 1.54) is 0 Å². The third-order valence-electron chi connectivity index (χ3n) is 3.01. The molecule has 0 radical (unpaired) electrons.